The zero-order valence-corrected chi connectivity index (χ0v) is 12.4. The molecule has 2 rings (SSSR count). The largest absolute Gasteiger partial charge is 0.339 e. The first kappa shape index (κ1) is 14.8. The Morgan fingerprint density at radius 3 is 3.00 bits per heavy atom. The molecular weight excluding hydrogens is 280 g/mol. The van der Waals surface area contributed by atoms with Gasteiger partial charge in [-0.2, -0.15) is 5.10 Å². The summed E-state index contributed by atoms with van der Waals surface area (Å²) in [6.45, 7) is 4.43. The Bertz CT molecular complexity index is 517. The SMILES string of the molecule is Cc1[nH]nc(SCC(=O)N2CCCC[C@H]2C)c1[N+](=O)[O-]. The van der Waals surface area contributed by atoms with Gasteiger partial charge >= 0.3 is 5.69 Å². The second-order valence-corrected chi connectivity index (χ2v) is 5.94. The number of piperidine rings is 1. The molecule has 110 valence electrons. The van der Waals surface area contributed by atoms with Gasteiger partial charge in [-0.05, 0) is 33.1 Å². The normalized spacial score (nSPS) is 19.1. The van der Waals surface area contributed by atoms with Crippen LogP contribution < -0.4 is 0 Å². The smallest absolute Gasteiger partial charge is 0.323 e. The summed E-state index contributed by atoms with van der Waals surface area (Å²) < 4.78 is 0. The fourth-order valence-electron chi connectivity index (χ4n) is 2.40. The van der Waals surface area contributed by atoms with E-state index in [0.717, 1.165) is 37.6 Å². The number of nitrogens with one attached hydrogen (secondary N) is 1. The molecule has 1 aromatic heterocycles. The van der Waals surface area contributed by atoms with Crippen LogP contribution in [0.2, 0.25) is 0 Å². The minimum atomic E-state index is -0.463. The van der Waals surface area contributed by atoms with Crippen molar-refractivity contribution in [3.05, 3.63) is 15.8 Å². The molecule has 0 unspecified atom stereocenters. The van der Waals surface area contributed by atoms with Crippen molar-refractivity contribution in [3.63, 3.8) is 0 Å². The van der Waals surface area contributed by atoms with Crippen LogP contribution in [0.5, 0.6) is 0 Å². The van der Waals surface area contributed by atoms with Gasteiger partial charge in [0, 0.05) is 12.6 Å². The van der Waals surface area contributed by atoms with Gasteiger partial charge in [0.05, 0.1) is 10.7 Å². The van der Waals surface area contributed by atoms with Crippen LogP contribution >= 0.6 is 11.8 Å². The van der Waals surface area contributed by atoms with E-state index in [4.69, 9.17) is 0 Å². The molecule has 20 heavy (non-hydrogen) atoms. The fourth-order valence-corrected chi connectivity index (χ4v) is 3.30. The summed E-state index contributed by atoms with van der Waals surface area (Å²) in [5.74, 6) is 0.215. The number of aromatic nitrogens is 2. The molecule has 7 nitrogen and oxygen atoms in total. The first-order valence-electron chi connectivity index (χ1n) is 6.62. The average molecular weight is 298 g/mol. The van der Waals surface area contributed by atoms with Crippen molar-refractivity contribution in [2.45, 2.75) is 44.2 Å². The van der Waals surface area contributed by atoms with Crippen LogP contribution in [0.25, 0.3) is 0 Å². The van der Waals surface area contributed by atoms with Gasteiger partial charge in [0.2, 0.25) is 5.91 Å². The number of rotatable bonds is 4. The van der Waals surface area contributed by atoms with Gasteiger partial charge in [-0.3, -0.25) is 20.0 Å². The van der Waals surface area contributed by atoms with Crippen LogP contribution in [0.4, 0.5) is 5.69 Å². The number of thioether (sulfide) groups is 1. The van der Waals surface area contributed by atoms with E-state index >= 15 is 0 Å². The second-order valence-electron chi connectivity index (χ2n) is 4.98. The molecule has 1 saturated heterocycles. The molecule has 8 heteroatoms. The lowest BCUT2D eigenvalue weighted by Crippen LogP contribution is -2.42. The molecule has 1 atom stereocenters. The zero-order valence-electron chi connectivity index (χ0n) is 11.6. The maximum Gasteiger partial charge on any atom is 0.323 e. The summed E-state index contributed by atoms with van der Waals surface area (Å²) in [7, 11) is 0. The van der Waals surface area contributed by atoms with Gasteiger partial charge in [-0.15, -0.1) is 0 Å². The van der Waals surface area contributed by atoms with Crippen molar-refractivity contribution in [2.24, 2.45) is 0 Å². The highest BCUT2D eigenvalue weighted by molar-refractivity contribution is 8.00. The Kier molecular flexibility index (Phi) is 4.64. The molecule has 0 spiro atoms. The molecule has 0 aliphatic carbocycles. The predicted octanol–water partition coefficient (Wildman–Crippen LogP) is 2.12. The van der Waals surface area contributed by atoms with Crippen molar-refractivity contribution >= 4 is 23.4 Å². The third-order valence-corrected chi connectivity index (χ3v) is 4.47. The van der Waals surface area contributed by atoms with Crippen LogP contribution in [0.15, 0.2) is 5.03 Å². The molecule has 0 radical (unpaired) electrons. The lowest BCUT2D eigenvalue weighted by molar-refractivity contribution is -0.388. The number of hydrogen-bond donors (Lipinski definition) is 1. The Labute approximate surface area is 121 Å². The van der Waals surface area contributed by atoms with Crippen LogP contribution in [0.1, 0.15) is 31.9 Å². The van der Waals surface area contributed by atoms with Gasteiger partial charge in [0.15, 0.2) is 5.03 Å². The number of nitro groups is 1. The number of amides is 1. The van der Waals surface area contributed by atoms with Crippen LogP contribution in [0.3, 0.4) is 0 Å². The third kappa shape index (κ3) is 3.12. The van der Waals surface area contributed by atoms with E-state index in [0.29, 0.717) is 5.69 Å². The van der Waals surface area contributed by atoms with E-state index in [-0.39, 0.29) is 28.4 Å². The number of H-pyrrole nitrogens is 1. The van der Waals surface area contributed by atoms with Crippen LogP contribution in [-0.2, 0) is 4.79 Å². The van der Waals surface area contributed by atoms with E-state index in [1.807, 2.05) is 11.8 Å². The molecule has 1 N–H and O–H groups in total. The Hall–Kier alpha value is -1.57. The molecule has 1 amide bonds. The van der Waals surface area contributed by atoms with E-state index in [9.17, 15) is 14.9 Å². The molecule has 1 aromatic rings. The first-order chi connectivity index (χ1) is 9.50. The Morgan fingerprint density at radius 2 is 2.35 bits per heavy atom. The van der Waals surface area contributed by atoms with Crippen LogP contribution in [0, 0.1) is 17.0 Å². The average Bonchev–Trinajstić information content (AvgIpc) is 2.78. The number of carbonyl (C=O) groups excluding carboxylic acids is 1. The van der Waals surface area contributed by atoms with E-state index < -0.39 is 4.92 Å². The minimum absolute atomic E-state index is 0.0251. The van der Waals surface area contributed by atoms with Crippen molar-refractivity contribution in [1.29, 1.82) is 0 Å². The van der Waals surface area contributed by atoms with Crippen LogP contribution in [-0.4, -0.2) is 44.3 Å². The summed E-state index contributed by atoms with van der Waals surface area (Å²) in [5.41, 5.74) is 0.380. The summed E-state index contributed by atoms with van der Waals surface area (Å²) in [4.78, 5) is 24.5. The van der Waals surface area contributed by atoms with E-state index in [2.05, 4.69) is 10.2 Å². The number of nitrogens with zero attached hydrogens (tertiary/aromatic N) is 3. The maximum absolute atomic E-state index is 12.2. The van der Waals surface area contributed by atoms with Crippen molar-refractivity contribution < 1.29 is 9.72 Å². The third-order valence-electron chi connectivity index (χ3n) is 3.52. The Balaban J connectivity index is 1.98. The van der Waals surface area contributed by atoms with Crippen molar-refractivity contribution in [1.82, 2.24) is 15.1 Å². The quantitative estimate of drug-likeness (QED) is 0.522. The predicted molar refractivity (Wildman–Crippen MR) is 75.7 cm³/mol. The van der Waals surface area contributed by atoms with E-state index in [1.54, 1.807) is 6.92 Å². The summed E-state index contributed by atoms with van der Waals surface area (Å²) in [5, 5.41) is 17.7. The fraction of sp³-hybridized carbons (Fsp3) is 0.667. The van der Waals surface area contributed by atoms with Crippen molar-refractivity contribution in [2.75, 3.05) is 12.3 Å². The summed E-state index contributed by atoms with van der Waals surface area (Å²) >= 11 is 1.12. The molecule has 1 aliphatic heterocycles. The van der Waals surface area contributed by atoms with Crippen molar-refractivity contribution in [3.8, 4) is 0 Å². The number of hydrogen-bond acceptors (Lipinski definition) is 5. The highest BCUT2D eigenvalue weighted by atomic mass is 32.2. The van der Waals surface area contributed by atoms with Gasteiger partial charge < -0.3 is 4.90 Å². The lowest BCUT2D eigenvalue weighted by atomic mass is 10.0. The highest BCUT2D eigenvalue weighted by Gasteiger charge is 2.26. The zero-order chi connectivity index (χ0) is 14.7. The number of likely N-dealkylation sites (tertiary alicyclic amines) is 1. The molecule has 2 heterocycles. The molecule has 0 aromatic carbocycles. The maximum atomic E-state index is 12.2. The summed E-state index contributed by atoms with van der Waals surface area (Å²) in [6.07, 6.45) is 3.21. The first-order valence-corrected chi connectivity index (χ1v) is 7.61. The van der Waals surface area contributed by atoms with E-state index in [1.165, 1.54) is 0 Å². The molecule has 1 aliphatic rings. The monoisotopic (exact) mass is 298 g/mol. The molecular formula is C12H18N4O3S. The van der Waals surface area contributed by atoms with Gasteiger partial charge in [0.1, 0.15) is 5.69 Å². The summed E-state index contributed by atoms with van der Waals surface area (Å²) in [6, 6.07) is 0.257. The molecule has 1 fully saturated rings. The number of aromatic amines is 1. The minimum Gasteiger partial charge on any atom is -0.339 e. The van der Waals surface area contributed by atoms with Gasteiger partial charge in [-0.1, -0.05) is 11.8 Å². The molecule has 0 bridgehead atoms. The van der Waals surface area contributed by atoms with Gasteiger partial charge in [0.25, 0.3) is 0 Å². The number of aryl methyl sites for hydroxylation is 1. The lowest BCUT2D eigenvalue weighted by Gasteiger charge is -2.33. The topological polar surface area (TPSA) is 92.1 Å². The molecule has 0 saturated carbocycles. The standard InChI is InChI=1S/C12H18N4O3S/c1-8-5-3-4-6-15(8)10(17)7-20-12-11(16(18)19)9(2)13-14-12/h8H,3-7H2,1-2H3,(H,13,14)/t8-/m1/s1. The number of carbonyl (C=O) groups is 1. The second kappa shape index (κ2) is 6.25. The van der Waals surface area contributed by atoms with Gasteiger partial charge in [-0.25, -0.2) is 0 Å². The Morgan fingerprint density at radius 1 is 1.60 bits per heavy atom. The highest BCUT2D eigenvalue weighted by Crippen LogP contribution is 2.30.